The van der Waals surface area contributed by atoms with Crippen LogP contribution < -0.4 is 0 Å². The topological polar surface area (TPSA) is 112 Å². The van der Waals surface area contributed by atoms with E-state index in [0.717, 1.165) is 0 Å². The molecule has 0 spiro atoms. The van der Waals surface area contributed by atoms with Crippen LogP contribution in [0.25, 0.3) is 0 Å². The van der Waals surface area contributed by atoms with Gasteiger partial charge in [-0.25, -0.2) is 19.2 Å². The van der Waals surface area contributed by atoms with Gasteiger partial charge in [-0.2, -0.15) is 18.1 Å². The molecule has 0 unspecified atom stereocenters. The van der Waals surface area contributed by atoms with E-state index in [4.69, 9.17) is 14.2 Å². The Kier molecular flexibility index (Phi) is 10.3. The summed E-state index contributed by atoms with van der Waals surface area (Å²) in [5.41, 5.74) is -2.22. The van der Waals surface area contributed by atoms with Crippen LogP contribution in [0.5, 0.6) is 0 Å². The maximum absolute atomic E-state index is 12.8. The molecule has 1 aliphatic rings. The largest absolute Gasteiger partial charge is 0.491 e. The Morgan fingerprint density at radius 2 is 1.38 bits per heavy atom. The lowest BCUT2D eigenvalue weighted by molar-refractivity contribution is -0.203. The third kappa shape index (κ3) is 10.7. The molecule has 34 heavy (non-hydrogen) atoms. The fourth-order valence-electron chi connectivity index (χ4n) is 2.85. The van der Waals surface area contributed by atoms with E-state index in [1.807, 2.05) is 4.90 Å². The number of esters is 2. The minimum Gasteiger partial charge on any atom is -0.443 e. The van der Waals surface area contributed by atoms with E-state index < -0.39 is 47.5 Å². The van der Waals surface area contributed by atoms with Crippen LogP contribution in [0.3, 0.4) is 0 Å². The average molecular weight is 498 g/mol. The van der Waals surface area contributed by atoms with Crippen molar-refractivity contribution in [2.24, 2.45) is 0 Å². The summed E-state index contributed by atoms with van der Waals surface area (Å²) in [7, 11) is 0. The molecule has 1 atom stereocenters. The molecule has 0 radical (unpaired) electrons. The highest BCUT2D eigenvalue weighted by atomic mass is 19.4. The third-order valence-corrected chi connectivity index (χ3v) is 4.24. The van der Waals surface area contributed by atoms with Gasteiger partial charge in [0.1, 0.15) is 17.2 Å². The first kappa shape index (κ1) is 29.6. The number of amides is 2. The van der Waals surface area contributed by atoms with Gasteiger partial charge in [-0.1, -0.05) is 0 Å². The van der Waals surface area contributed by atoms with Crippen molar-refractivity contribution in [3.63, 3.8) is 0 Å². The van der Waals surface area contributed by atoms with Gasteiger partial charge in [-0.15, -0.1) is 0 Å². The molecule has 1 heterocycles. The molecule has 0 aromatic carbocycles. The molecule has 1 aliphatic heterocycles. The molecular weight excluding hydrogens is 465 g/mol. The van der Waals surface area contributed by atoms with Gasteiger partial charge in [0.05, 0.1) is 13.2 Å². The molecular formula is C21H33F3N2O8. The zero-order chi connectivity index (χ0) is 26.3. The summed E-state index contributed by atoms with van der Waals surface area (Å²) in [6, 6.07) is -1.89. The number of nitrogens with zero attached hydrogens (tertiary/aromatic N) is 2. The maximum Gasteiger partial charge on any atom is 0.491 e. The van der Waals surface area contributed by atoms with Crippen LogP contribution in [-0.4, -0.2) is 90.2 Å². The van der Waals surface area contributed by atoms with E-state index in [2.05, 4.69) is 4.74 Å². The van der Waals surface area contributed by atoms with Crippen LogP contribution in [0, 0.1) is 0 Å². The number of alkyl halides is 3. The number of hydrogen-bond acceptors (Lipinski definition) is 9. The van der Waals surface area contributed by atoms with E-state index in [-0.39, 0.29) is 17.7 Å². The lowest BCUT2D eigenvalue weighted by atomic mass is 10.1. The Labute approximate surface area is 196 Å². The van der Waals surface area contributed by atoms with Crippen molar-refractivity contribution >= 4 is 24.1 Å². The van der Waals surface area contributed by atoms with E-state index in [0.29, 0.717) is 32.8 Å². The van der Waals surface area contributed by atoms with Gasteiger partial charge in [0.15, 0.2) is 0 Å². The molecule has 10 nitrogen and oxygen atoms in total. The molecule has 0 N–H and O–H groups in total. The molecule has 2 amide bonds. The summed E-state index contributed by atoms with van der Waals surface area (Å²) in [5.74, 6) is -4.48. The normalized spacial score (nSPS) is 16.4. The molecule has 1 rings (SSSR count). The van der Waals surface area contributed by atoms with Gasteiger partial charge in [0.25, 0.3) is 0 Å². The summed E-state index contributed by atoms with van der Waals surface area (Å²) in [6.07, 6.45) is -8.21. The van der Waals surface area contributed by atoms with Crippen LogP contribution in [-0.2, 0) is 28.5 Å². The van der Waals surface area contributed by atoms with Gasteiger partial charge in [0, 0.05) is 13.1 Å². The quantitative estimate of drug-likeness (QED) is 0.309. The number of halogens is 3. The minimum absolute atomic E-state index is 0.183. The average Bonchev–Trinajstić information content (AvgIpc) is 2.64. The van der Waals surface area contributed by atoms with E-state index in [1.165, 1.54) is 41.5 Å². The van der Waals surface area contributed by atoms with Crippen LogP contribution in [0.4, 0.5) is 22.8 Å². The molecule has 1 saturated heterocycles. The third-order valence-electron chi connectivity index (χ3n) is 4.24. The molecule has 0 bridgehead atoms. The Morgan fingerprint density at radius 3 is 1.79 bits per heavy atom. The maximum atomic E-state index is 12.8. The van der Waals surface area contributed by atoms with Crippen molar-refractivity contribution in [1.82, 2.24) is 9.80 Å². The van der Waals surface area contributed by atoms with Crippen LogP contribution in [0.2, 0.25) is 0 Å². The number of ether oxygens (including phenoxy) is 4. The van der Waals surface area contributed by atoms with Gasteiger partial charge in [-0.3, -0.25) is 4.90 Å². The van der Waals surface area contributed by atoms with Gasteiger partial charge in [-0.05, 0) is 60.9 Å². The molecule has 0 aromatic heterocycles. The van der Waals surface area contributed by atoms with E-state index in [1.54, 1.807) is 0 Å². The molecule has 0 saturated carbocycles. The highest BCUT2D eigenvalue weighted by Gasteiger charge is 2.46. The minimum atomic E-state index is -5.45. The van der Waals surface area contributed by atoms with Crippen molar-refractivity contribution in [2.75, 3.05) is 32.8 Å². The fraction of sp³-hybridized carbons (Fsp3) is 0.810. The predicted molar refractivity (Wildman–Crippen MR) is 112 cm³/mol. The first-order chi connectivity index (χ1) is 15.4. The van der Waals surface area contributed by atoms with Crippen molar-refractivity contribution in [1.29, 1.82) is 0 Å². The highest BCUT2D eigenvalue weighted by molar-refractivity contribution is 5.97. The molecule has 1 fully saturated rings. The number of imide groups is 1. The van der Waals surface area contributed by atoms with Gasteiger partial charge in [0.2, 0.25) is 0 Å². The van der Waals surface area contributed by atoms with Gasteiger partial charge >= 0.3 is 30.3 Å². The number of carbonyl (C=O) groups is 4. The molecule has 0 aromatic rings. The summed E-state index contributed by atoms with van der Waals surface area (Å²) >= 11 is 0. The fourth-order valence-corrected chi connectivity index (χ4v) is 2.85. The Hall–Kier alpha value is -2.41. The Bertz CT molecular complexity index is 710. The Morgan fingerprint density at radius 1 is 0.912 bits per heavy atom. The van der Waals surface area contributed by atoms with Crippen LogP contribution in [0.15, 0.2) is 0 Å². The number of hydrogen-bond donors (Lipinski definition) is 0. The van der Waals surface area contributed by atoms with Crippen LogP contribution >= 0.6 is 0 Å². The first-order valence-electron chi connectivity index (χ1n) is 10.8. The number of rotatable bonds is 6. The SMILES string of the molecule is CC(C)(C)OC(=O)N(C(=O)OC(C)(C)C)[C@@H](CCCN1CCOCC1)C(=O)OC(=O)C(F)(F)F. The number of carbonyl (C=O) groups excluding carboxylic acids is 4. The standard InChI is InChI=1S/C21H33F3N2O8/c1-19(2,3)33-17(29)26(18(30)34-20(4,5)6)14(15(27)32-16(28)21(22,23)24)8-7-9-25-10-12-31-13-11-25/h14H,7-13H2,1-6H3/t14-/m0/s1. The lowest BCUT2D eigenvalue weighted by Crippen LogP contribution is -2.53. The van der Waals surface area contributed by atoms with Crippen molar-refractivity contribution in [3.8, 4) is 0 Å². The van der Waals surface area contributed by atoms with Crippen molar-refractivity contribution in [2.45, 2.75) is 77.8 Å². The lowest BCUT2D eigenvalue weighted by Gasteiger charge is -2.33. The molecule has 0 aliphatic carbocycles. The Balaban J connectivity index is 3.22. The van der Waals surface area contributed by atoms with Crippen LogP contribution in [0.1, 0.15) is 54.4 Å². The second-order valence-corrected chi connectivity index (χ2v) is 9.65. The molecule has 196 valence electrons. The summed E-state index contributed by atoms with van der Waals surface area (Å²) in [4.78, 5) is 51.8. The van der Waals surface area contributed by atoms with Crippen molar-refractivity contribution in [3.05, 3.63) is 0 Å². The second kappa shape index (κ2) is 11.8. The second-order valence-electron chi connectivity index (χ2n) is 9.65. The predicted octanol–water partition coefficient (Wildman–Crippen LogP) is 3.27. The number of morpholine rings is 1. The summed E-state index contributed by atoms with van der Waals surface area (Å²) in [5, 5.41) is 0. The van der Waals surface area contributed by atoms with E-state index in [9.17, 15) is 32.3 Å². The zero-order valence-electron chi connectivity index (χ0n) is 20.3. The summed E-state index contributed by atoms with van der Waals surface area (Å²) in [6.45, 7) is 11.6. The first-order valence-corrected chi connectivity index (χ1v) is 10.8. The monoisotopic (exact) mass is 498 g/mol. The van der Waals surface area contributed by atoms with E-state index >= 15 is 0 Å². The van der Waals surface area contributed by atoms with Gasteiger partial charge < -0.3 is 18.9 Å². The van der Waals surface area contributed by atoms with Crippen molar-refractivity contribution < 1.29 is 51.3 Å². The molecule has 13 heteroatoms. The zero-order valence-corrected chi connectivity index (χ0v) is 20.3. The summed E-state index contributed by atoms with van der Waals surface area (Å²) < 4.78 is 57.6. The smallest absolute Gasteiger partial charge is 0.443 e. The highest BCUT2D eigenvalue weighted by Crippen LogP contribution is 2.22.